The molecule has 5 nitrogen and oxygen atoms in total. The number of hydrogen-bond donors (Lipinski definition) is 2. The van der Waals surface area contributed by atoms with Gasteiger partial charge in [0.25, 0.3) is 0 Å². The Bertz CT molecular complexity index is 495. The van der Waals surface area contributed by atoms with E-state index in [1.165, 1.54) is 0 Å². The van der Waals surface area contributed by atoms with E-state index in [1.54, 1.807) is 0 Å². The number of rotatable bonds is 4. The summed E-state index contributed by atoms with van der Waals surface area (Å²) in [7, 11) is 0. The maximum atomic E-state index is 5.82. The summed E-state index contributed by atoms with van der Waals surface area (Å²) < 4.78 is 0. The highest BCUT2D eigenvalue weighted by molar-refractivity contribution is 6.28. The number of nitrogens with zero attached hydrogens (tertiary/aromatic N) is 3. The van der Waals surface area contributed by atoms with Crippen molar-refractivity contribution in [3.05, 3.63) is 34.5 Å². The van der Waals surface area contributed by atoms with E-state index in [-0.39, 0.29) is 5.28 Å². The van der Waals surface area contributed by atoms with Gasteiger partial charge in [-0.1, -0.05) is 0 Å². The molecule has 90 valence electrons. The van der Waals surface area contributed by atoms with Crippen molar-refractivity contribution >= 4 is 17.4 Å². The number of halogens is 1. The fourth-order valence-corrected chi connectivity index (χ4v) is 1.72. The van der Waals surface area contributed by atoms with Crippen LogP contribution in [0.4, 0.5) is 5.82 Å². The van der Waals surface area contributed by atoms with Gasteiger partial charge in [-0.3, -0.25) is 5.10 Å². The Balaban J connectivity index is 1.99. The van der Waals surface area contributed by atoms with Crippen molar-refractivity contribution in [3.63, 3.8) is 0 Å². The van der Waals surface area contributed by atoms with Gasteiger partial charge in [0.05, 0.1) is 6.20 Å². The molecule has 0 saturated heterocycles. The lowest BCUT2D eigenvalue weighted by Crippen LogP contribution is -2.09. The van der Waals surface area contributed by atoms with Crippen LogP contribution in [0.15, 0.2) is 12.4 Å². The smallest absolute Gasteiger partial charge is 0.224 e. The van der Waals surface area contributed by atoms with Crippen LogP contribution >= 0.6 is 11.6 Å². The van der Waals surface area contributed by atoms with Gasteiger partial charge in [0, 0.05) is 24.0 Å². The van der Waals surface area contributed by atoms with Crippen molar-refractivity contribution in [1.29, 1.82) is 0 Å². The molecule has 0 atom stereocenters. The highest BCUT2D eigenvalue weighted by Gasteiger charge is 2.06. The molecular formula is C11H14ClN5. The highest BCUT2D eigenvalue weighted by atomic mass is 35.5. The number of H-pyrrole nitrogens is 1. The lowest BCUT2D eigenvalue weighted by atomic mass is 10.2. The molecule has 2 heterocycles. The first-order valence-electron chi connectivity index (χ1n) is 5.39. The van der Waals surface area contributed by atoms with Gasteiger partial charge in [0.2, 0.25) is 5.28 Å². The molecule has 2 N–H and O–H groups in total. The van der Waals surface area contributed by atoms with Crippen LogP contribution in [-0.2, 0) is 6.42 Å². The minimum absolute atomic E-state index is 0.277. The predicted molar refractivity (Wildman–Crippen MR) is 67.3 cm³/mol. The van der Waals surface area contributed by atoms with Gasteiger partial charge in [0.1, 0.15) is 5.82 Å². The Morgan fingerprint density at radius 2 is 2.18 bits per heavy atom. The van der Waals surface area contributed by atoms with Gasteiger partial charge in [-0.15, -0.1) is 0 Å². The summed E-state index contributed by atoms with van der Waals surface area (Å²) in [6, 6.07) is 0. The monoisotopic (exact) mass is 251 g/mol. The third-order valence-electron chi connectivity index (χ3n) is 2.62. The Kier molecular flexibility index (Phi) is 3.58. The van der Waals surface area contributed by atoms with E-state index in [0.717, 1.165) is 35.6 Å². The van der Waals surface area contributed by atoms with Crippen molar-refractivity contribution in [2.75, 3.05) is 11.9 Å². The number of aryl methyl sites for hydroxylation is 1. The minimum atomic E-state index is 0.277. The molecule has 0 fully saturated rings. The first-order chi connectivity index (χ1) is 8.16. The van der Waals surface area contributed by atoms with Crippen molar-refractivity contribution < 1.29 is 0 Å². The maximum absolute atomic E-state index is 5.82. The van der Waals surface area contributed by atoms with Gasteiger partial charge in [-0.05, 0) is 37.4 Å². The molecule has 0 saturated carbocycles. The second kappa shape index (κ2) is 5.14. The maximum Gasteiger partial charge on any atom is 0.224 e. The molecule has 0 aromatic carbocycles. The van der Waals surface area contributed by atoms with Crippen LogP contribution in [-0.4, -0.2) is 26.7 Å². The molecule has 0 unspecified atom stereocenters. The molecule has 2 aromatic rings. The Labute approximate surface area is 105 Å². The number of anilines is 1. The van der Waals surface area contributed by atoms with Crippen LogP contribution in [0.5, 0.6) is 0 Å². The van der Waals surface area contributed by atoms with Crippen molar-refractivity contribution in [1.82, 2.24) is 20.2 Å². The molecule has 0 spiro atoms. The van der Waals surface area contributed by atoms with Crippen LogP contribution in [0.3, 0.4) is 0 Å². The summed E-state index contributed by atoms with van der Waals surface area (Å²) in [5, 5.41) is 10.2. The van der Waals surface area contributed by atoms with Gasteiger partial charge in [0.15, 0.2) is 0 Å². The van der Waals surface area contributed by atoms with Crippen molar-refractivity contribution in [3.8, 4) is 0 Å². The summed E-state index contributed by atoms with van der Waals surface area (Å²) >= 11 is 5.82. The normalized spacial score (nSPS) is 10.5. The Morgan fingerprint density at radius 3 is 2.88 bits per heavy atom. The predicted octanol–water partition coefficient (Wildman–Crippen LogP) is 2.12. The van der Waals surface area contributed by atoms with Crippen LogP contribution in [0.25, 0.3) is 0 Å². The molecule has 2 aromatic heterocycles. The van der Waals surface area contributed by atoms with Crippen molar-refractivity contribution in [2.24, 2.45) is 0 Å². The van der Waals surface area contributed by atoms with Gasteiger partial charge in [-0.25, -0.2) is 9.97 Å². The zero-order valence-electron chi connectivity index (χ0n) is 9.79. The average molecular weight is 252 g/mol. The SMILES string of the molecule is Cc1nc(Cl)nc(NCCc2cn[nH]c2)c1C. The van der Waals surface area contributed by atoms with E-state index in [1.807, 2.05) is 26.2 Å². The Hall–Kier alpha value is -1.62. The van der Waals surface area contributed by atoms with Crippen LogP contribution in [0.1, 0.15) is 16.8 Å². The topological polar surface area (TPSA) is 66.5 Å². The molecule has 17 heavy (non-hydrogen) atoms. The van der Waals surface area contributed by atoms with E-state index in [4.69, 9.17) is 11.6 Å². The van der Waals surface area contributed by atoms with E-state index in [9.17, 15) is 0 Å². The molecule has 0 aliphatic heterocycles. The lowest BCUT2D eigenvalue weighted by Gasteiger charge is -2.09. The van der Waals surface area contributed by atoms with Gasteiger partial charge >= 0.3 is 0 Å². The van der Waals surface area contributed by atoms with E-state index >= 15 is 0 Å². The third kappa shape index (κ3) is 2.94. The molecule has 0 bridgehead atoms. The van der Waals surface area contributed by atoms with Gasteiger partial charge < -0.3 is 5.32 Å². The van der Waals surface area contributed by atoms with Crippen LogP contribution in [0, 0.1) is 13.8 Å². The highest BCUT2D eigenvalue weighted by Crippen LogP contribution is 2.16. The van der Waals surface area contributed by atoms with E-state index in [0.29, 0.717) is 0 Å². The second-order valence-corrected chi connectivity index (χ2v) is 4.17. The lowest BCUT2D eigenvalue weighted by molar-refractivity contribution is 0.981. The number of nitrogens with one attached hydrogen (secondary N) is 2. The fourth-order valence-electron chi connectivity index (χ4n) is 1.51. The van der Waals surface area contributed by atoms with Crippen LogP contribution < -0.4 is 5.32 Å². The third-order valence-corrected chi connectivity index (χ3v) is 2.79. The van der Waals surface area contributed by atoms with E-state index < -0.39 is 0 Å². The molecule has 2 rings (SSSR count). The molecule has 0 amide bonds. The van der Waals surface area contributed by atoms with Crippen LogP contribution in [0.2, 0.25) is 5.28 Å². The largest absolute Gasteiger partial charge is 0.369 e. The summed E-state index contributed by atoms with van der Waals surface area (Å²) in [5.41, 5.74) is 3.09. The summed E-state index contributed by atoms with van der Waals surface area (Å²) in [4.78, 5) is 8.26. The summed E-state index contributed by atoms with van der Waals surface area (Å²) in [5.74, 6) is 0.797. The molecule has 6 heteroatoms. The summed E-state index contributed by atoms with van der Waals surface area (Å²) in [6.07, 6.45) is 4.58. The van der Waals surface area contributed by atoms with Gasteiger partial charge in [-0.2, -0.15) is 5.10 Å². The first-order valence-corrected chi connectivity index (χ1v) is 5.77. The minimum Gasteiger partial charge on any atom is -0.369 e. The first kappa shape index (κ1) is 11.9. The molecule has 0 aliphatic rings. The number of aromatic nitrogens is 4. The Morgan fingerprint density at radius 1 is 1.35 bits per heavy atom. The number of aromatic amines is 1. The molecule has 0 radical (unpaired) electrons. The quantitative estimate of drug-likeness (QED) is 0.817. The number of hydrogen-bond acceptors (Lipinski definition) is 4. The molecular weight excluding hydrogens is 238 g/mol. The van der Waals surface area contributed by atoms with Crippen molar-refractivity contribution in [2.45, 2.75) is 20.3 Å². The molecule has 0 aliphatic carbocycles. The fraction of sp³-hybridized carbons (Fsp3) is 0.364. The zero-order valence-corrected chi connectivity index (χ0v) is 10.5. The zero-order chi connectivity index (χ0) is 12.3. The average Bonchev–Trinajstić information content (AvgIpc) is 2.78. The summed E-state index contributed by atoms with van der Waals surface area (Å²) in [6.45, 7) is 4.68. The standard InChI is InChI=1S/C11H14ClN5/c1-7-8(2)16-11(12)17-10(7)13-4-3-9-5-14-15-6-9/h5-6H,3-4H2,1-2H3,(H,14,15)(H,13,16,17). The van der Waals surface area contributed by atoms with E-state index in [2.05, 4.69) is 25.5 Å². The second-order valence-electron chi connectivity index (χ2n) is 3.83.